The van der Waals surface area contributed by atoms with Gasteiger partial charge in [-0.3, -0.25) is 0 Å². The lowest BCUT2D eigenvalue weighted by Gasteiger charge is -2.32. The van der Waals surface area contributed by atoms with E-state index in [1.807, 2.05) is 120 Å². The Morgan fingerprint density at radius 2 is 0.495 bits per heavy atom. The van der Waals surface area contributed by atoms with Crippen molar-refractivity contribution in [2.45, 2.75) is 46.3 Å². The third kappa shape index (κ3) is 14.8. The molecule has 0 unspecified atom stereocenters. The maximum atomic E-state index is 6.32. The van der Waals surface area contributed by atoms with Gasteiger partial charge in [0.25, 0.3) is 0 Å². The van der Waals surface area contributed by atoms with Crippen LogP contribution in [0.15, 0.2) is 352 Å². The van der Waals surface area contributed by atoms with Gasteiger partial charge >= 0.3 is 7.12 Å². The minimum Gasteiger partial charge on any atom is -0.399 e. The monoisotopic (exact) mass is 1460 g/mol. The number of hydrogen-bond acceptors (Lipinski definition) is 10. The molecule has 0 aliphatic carbocycles. The van der Waals surface area contributed by atoms with Crippen LogP contribution in [0, 0.1) is 0 Å². The summed E-state index contributed by atoms with van der Waals surface area (Å²) >= 11 is 9.86. The Hall–Kier alpha value is -12.2. The minimum absolute atomic E-state index is 0. The maximum Gasteiger partial charge on any atom is 0.494 e. The SMILES string of the molecule is C.CC1(C)OB(c2cccc(-c3cccc4c3sc3c(-c5ccccc5)cccc34)c2)OC1(C)C.Clc1nc(-c2ccccc2)nc(-c2ccc(-c3ccccc3)cc2)n1.c1ccc(-c2ccc(-c3nc(-c4ccccc4)nc(-c4cccc(-c5cccc6c5sc5c(-c7ccccc7)cccc56)c4)n3)cc2)cc1. The van der Waals surface area contributed by atoms with E-state index in [9.17, 15) is 0 Å². The molecular formula is C97H74BClN6O2S2. The quantitative estimate of drug-likeness (QED) is 0.112. The third-order valence-electron chi connectivity index (χ3n) is 20.2. The van der Waals surface area contributed by atoms with Crippen molar-refractivity contribution in [1.82, 2.24) is 29.9 Å². The van der Waals surface area contributed by atoms with Gasteiger partial charge < -0.3 is 9.31 Å². The lowest BCUT2D eigenvalue weighted by molar-refractivity contribution is 0.00578. The zero-order chi connectivity index (χ0) is 73.1. The molecule has 1 fully saturated rings. The van der Waals surface area contributed by atoms with Crippen LogP contribution >= 0.6 is 34.3 Å². The van der Waals surface area contributed by atoms with Gasteiger partial charge in [0.15, 0.2) is 29.1 Å². The summed E-state index contributed by atoms with van der Waals surface area (Å²) in [4.78, 5) is 28.1. The van der Waals surface area contributed by atoms with Crippen molar-refractivity contribution in [3.8, 4) is 124 Å². The molecule has 0 N–H and O–H groups in total. The van der Waals surface area contributed by atoms with Crippen LogP contribution in [0.1, 0.15) is 35.1 Å². The van der Waals surface area contributed by atoms with Crippen LogP contribution in [0.2, 0.25) is 5.28 Å². The van der Waals surface area contributed by atoms with E-state index in [1.165, 1.54) is 90.4 Å². The molecule has 4 aromatic heterocycles. The molecule has 14 aromatic carbocycles. The molecule has 5 heterocycles. The number of halogens is 1. The molecule has 526 valence electrons. The van der Waals surface area contributed by atoms with Gasteiger partial charge in [-0.25, -0.2) is 19.9 Å². The van der Waals surface area contributed by atoms with Crippen LogP contribution in [-0.4, -0.2) is 48.2 Å². The highest BCUT2D eigenvalue weighted by atomic mass is 35.5. The molecule has 0 bridgehead atoms. The first-order chi connectivity index (χ1) is 52.9. The number of rotatable bonds is 12. The molecule has 0 atom stereocenters. The molecule has 0 spiro atoms. The summed E-state index contributed by atoms with van der Waals surface area (Å²) in [5.41, 5.74) is 19.5. The second-order valence-electron chi connectivity index (χ2n) is 27.6. The molecular weight excluding hydrogens is 1390 g/mol. The fourth-order valence-electron chi connectivity index (χ4n) is 13.9. The van der Waals surface area contributed by atoms with Gasteiger partial charge in [0.05, 0.1) is 11.2 Å². The largest absolute Gasteiger partial charge is 0.494 e. The molecule has 1 aliphatic heterocycles. The summed E-state index contributed by atoms with van der Waals surface area (Å²) in [5, 5.41) is 5.36. The van der Waals surface area contributed by atoms with Crippen molar-refractivity contribution in [3.05, 3.63) is 357 Å². The topological polar surface area (TPSA) is 95.8 Å². The standard InChI is InChI=1S/C45H29N3S.C30H27BO2S.C21H14ClN3.CH4/c1-4-13-30(14-5-1)31-25-27-34(28-26-31)44-46-43(33-17-8-3-9-18-33)47-45(48-44)36-20-10-19-35(29-36)38-22-12-24-40-39-23-11-21-37(41(39)49-42(38)40)32-15-6-2-7-16-32;1-29(2)30(3,4)33-31(32-29)22-14-8-13-21(19-22)24-16-10-18-26-25-17-9-15-23(27(25)34-28(24)26)20-11-6-5-7-12-20;22-21-24-19(17-9-5-2-6-10-17)23-20(25-21)18-13-11-16(12-14-18)15-7-3-1-4-8-15;/h1-29H;5-19H,1-4H3;1-14H;1H4. The second-order valence-corrected chi connectivity index (χ2v) is 30.0. The van der Waals surface area contributed by atoms with Crippen molar-refractivity contribution >= 4 is 87.2 Å². The fraction of sp³-hybridized carbons (Fsp3) is 0.0722. The van der Waals surface area contributed by atoms with Crippen molar-refractivity contribution in [3.63, 3.8) is 0 Å². The number of nitrogens with zero attached hydrogens (tertiary/aromatic N) is 6. The van der Waals surface area contributed by atoms with Gasteiger partial charge in [-0.2, -0.15) is 9.97 Å². The summed E-state index contributed by atoms with van der Waals surface area (Å²) in [7, 11) is -0.365. The predicted molar refractivity (Wildman–Crippen MR) is 459 cm³/mol. The highest BCUT2D eigenvalue weighted by molar-refractivity contribution is 7.27. The van der Waals surface area contributed by atoms with Crippen LogP contribution in [0.5, 0.6) is 0 Å². The molecule has 1 aliphatic rings. The van der Waals surface area contributed by atoms with Gasteiger partial charge in [-0.15, -0.1) is 22.7 Å². The van der Waals surface area contributed by atoms with Crippen molar-refractivity contribution in [2.24, 2.45) is 0 Å². The predicted octanol–water partition coefficient (Wildman–Crippen LogP) is 26.1. The smallest absolute Gasteiger partial charge is 0.399 e. The van der Waals surface area contributed by atoms with E-state index in [-0.39, 0.29) is 31.0 Å². The summed E-state index contributed by atoms with van der Waals surface area (Å²) in [5.74, 6) is 3.08. The van der Waals surface area contributed by atoms with E-state index in [0.717, 1.165) is 50.0 Å². The number of benzene rings is 14. The fourth-order valence-corrected chi connectivity index (χ4v) is 16.8. The van der Waals surface area contributed by atoms with Gasteiger partial charge in [-0.05, 0) is 118 Å². The zero-order valence-corrected chi connectivity index (χ0v) is 62.1. The lowest BCUT2D eigenvalue weighted by atomic mass is 9.78. The van der Waals surface area contributed by atoms with Crippen LogP contribution in [0.3, 0.4) is 0 Å². The van der Waals surface area contributed by atoms with Crippen molar-refractivity contribution < 1.29 is 9.31 Å². The Balaban J connectivity index is 0.000000132. The van der Waals surface area contributed by atoms with E-state index < -0.39 is 0 Å². The highest BCUT2D eigenvalue weighted by Gasteiger charge is 2.51. The van der Waals surface area contributed by atoms with Gasteiger partial charge in [-0.1, -0.05) is 353 Å². The molecule has 8 nitrogen and oxygen atoms in total. The molecule has 109 heavy (non-hydrogen) atoms. The Morgan fingerprint density at radius 3 is 0.862 bits per heavy atom. The van der Waals surface area contributed by atoms with Crippen molar-refractivity contribution in [2.75, 3.05) is 0 Å². The minimum atomic E-state index is -0.365. The summed E-state index contributed by atoms with van der Waals surface area (Å²) in [6, 6.07) is 122. The first-order valence-corrected chi connectivity index (χ1v) is 38.1. The van der Waals surface area contributed by atoms with Crippen LogP contribution in [0.25, 0.3) is 164 Å². The average molecular weight is 1470 g/mol. The maximum absolute atomic E-state index is 6.32. The van der Waals surface area contributed by atoms with Gasteiger partial charge in [0, 0.05) is 68.2 Å². The third-order valence-corrected chi connectivity index (χ3v) is 22.9. The molecule has 19 rings (SSSR count). The van der Waals surface area contributed by atoms with E-state index in [4.69, 9.17) is 35.9 Å². The Bertz CT molecular complexity index is 6230. The van der Waals surface area contributed by atoms with E-state index in [0.29, 0.717) is 29.1 Å². The first kappa shape index (κ1) is 71.1. The van der Waals surface area contributed by atoms with E-state index in [2.05, 4.69) is 297 Å². The average Bonchev–Trinajstić information content (AvgIpc) is 1.61. The summed E-state index contributed by atoms with van der Waals surface area (Å²) < 4.78 is 17.9. The van der Waals surface area contributed by atoms with E-state index in [1.54, 1.807) is 0 Å². The Labute approximate surface area is 648 Å². The van der Waals surface area contributed by atoms with Gasteiger partial charge in [0.2, 0.25) is 5.28 Å². The number of thiophene rings is 2. The molecule has 12 heteroatoms. The molecule has 0 radical (unpaired) electrons. The Kier molecular flexibility index (Phi) is 20.2. The second kappa shape index (κ2) is 31.0. The first-order valence-electron chi connectivity index (χ1n) is 36.1. The summed E-state index contributed by atoms with van der Waals surface area (Å²) in [6.45, 7) is 8.39. The van der Waals surface area contributed by atoms with Crippen LogP contribution < -0.4 is 5.46 Å². The molecule has 0 saturated carbocycles. The van der Waals surface area contributed by atoms with Crippen LogP contribution in [0.4, 0.5) is 0 Å². The highest BCUT2D eigenvalue weighted by Crippen LogP contribution is 2.47. The number of fused-ring (bicyclic) bond motifs is 6. The van der Waals surface area contributed by atoms with Gasteiger partial charge in [0.1, 0.15) is 0 Å². The lowest BCUT2D eigenvalue weighted by Crippen LogP contribution is -2.41. The van der Waals surface area contributed by atoms with Crippen LogP contribution in [-0.2, 0) is 9.31 Å². The molecule has 18 aromatic rings. The normalized spacial score (nSPS) is 12.8. The zero-order valence-electron chi connectivity index (χ0n) is 59.8. The molecule has 1 saturated heterocycles. The number of hydrogen-bond donors (Lipinski definition) is 0. The van der Waals surface area contributed by atoms with E-state index >= 15 is 0 Å². The van der Waals surface area contributed by atoms with Crippen molar-refractivity contribution in [1.29, 1.82) is 0 Å². The molecule has 0 amide bonds. The number of aromatic nitrogens is 6. The Morgan fingerprint density at radius 1 is 0.248 bits per heavy atom. The summed E-state index contributed by atoms with van der Waals surface area (Å²) in [6.07, 6.45) is 0.